The van der Waals surface area contributed by atoms with Crippen LogP contribution in [0.1, 0.15) is 49.6 Å². The number of rotatable bonds is 8. The second-order valence-corrected chi connectivity index (χ2v) is 7.19. The molecule has 6 nitrogen and oxygen atoms in total. The number of benzene rings is 1. The van der Waals surface area contributed by atoms with Gasteiger partial charge in [0.05, 0.1) is 12.2 Å². The Balaban J connectivity index is 0.00000420. The molecule has 29 heavy (non-hydrogen) atoms. The van der Waals surface area contributed by atoms with Crippen molar-refractivity contribution in [2.45, 2.75) is 39.3 Å². The molecule has 1 aromatic heterocycles. The van der Waals surface area contributed by atoms with E-state index in [9.17, 15) is 4.39 Å². The fourth-order valence-electron chi connectivity index (χ4n) is 3.13. The van der Waals surface area contributed by atoms with Crippen molar-refractivity contribution in [2.24, 2.45) is 12.0 Å². The average molecular weight is 517 g/mol. The predicted octanol–water partition coefficient (Wildman–Crippen LogP) is 4.09. The minimum Gasteiger partial charge on any atom is -0.375 e. The van der Waals surface area contributed by atoms with E-state index in [1.165, 1.54) is 17.7 Å². The average Bonchev–Trinajstić information content (AvgIpc) is 3.03. The second-order valence-electron chi connectivity index (χ2n) is 7.19. The number of halogens is 2. The van der Waals surface area contributed by atoms with Crippen LogP contribution in [0.4, 0.5) is 4.39 Å². The van der Waals surface area contributed by atoms with Gasteiger partial charge in [0.25, 0.3) is 0 Å². The van der Waals surface area contributed by atoms with Crippen molar-refractivity contribution in [1.29, 1.82) is 0 Å². The van der Waals surface area contributed by atoms with Gasteiger partial charge in [-0.1, -0.05) is 26.0 Å². The Hall–Kier alpha value is -1.68. The molecule has 1 N–H and O–H groups in total. The smallest absolute Gasteiger partial charge is 0.194 e. The highest BCUT2D eigenvalue weighted by molar-refractivity contribution is 14.0. The fraction of sp³-hybridized carbons (Fsp3) is 0.524. The van der Waals surface area contributed by atoms with E-state index in [-0.39, 0.29) is 35.9 Å². The predicted molar refractivity (Wildman–Crippen MR) is 126 cm³/mol. The standard InChI is InChI=1S/C21H32FN5O.HI/c1-7-23-21(24-12-19(28-6)16-8-10-18(22)11-9-16)26(4)13-17-14-27(5)25-20(17)15(2)3;/h8-11,14-15,19H,7,12-13H2,1-6H3,(H,23,24);1H. The van der Waals surface area contributed by atoms with Crippen LogP contribution in [0.15, 0.2) is 35.5 Å². The lowest BCUT2D eigenvalue weighted by molar-refractivity contribution is 0.110. The highest BCUT2D eigenvalue weighted by Gasteiger charge is 2.16. The van der Waals surface area contributed by atoms with Gasteiger partial charge in [0.15, 0.2) is 5.96 Å². The Morgan fingerprint density at radius 2 is 1.97 bits per heavy atom. The first kappa shape index (κ1) is 25.4. The van der Waals surface area contributed by atoms with Crippen LogP contribution in [0.2, 0.25) is 0 Å². The van der Waals surface area contributed by atoms with E-state index in [2.05, 4.69) is 35.4 Å². The van der Waals surface area contributed by atoms with Crippen LogP contribution in [-0.2, 0) is 18.3 Å². The number of methoxy groups -OCH3 is 1. The van der Waals surface area contributed by atoms with Gasteiger partial charge in [-0.05, 0) is 30.5 Å². The van der Waals surface area contributed by atoms with Gasteiger partial charge in [0, 0.05) is 46.1 Å². The molecule has 8 heteroatoms. The van der Waals surface area contributed by atoms with Gasteiger partial charge >= 0.3 is 0 Å². The topological polar surface area (TPSA) is 54.7 Å². The third kappa shape index (κ3) is 7.26. The van der Waals surface area contributed by atoms with Crippen LogP contribution < -0.4 is 5.32 Å². The van der Waals surface area contributed by atoms with E-state index in [0.29, 0.717) is 19.0 Å². The van der Waals surface area contributed by atoms with Crippen LogP contribution in [-0.4, -0.2) is 47.9 Å². The summed E-state index contributed by atoms with van der Waals surface area (Å²) in [6, 6.07) is 6.36. The summed E-state index contributed by atoms with van der Waals surface area (Å²) in [6.07, 6.45) is 1.83. The number of aliphatic imine (C=N–C) groups is 1. The summed E-state index contributed by atoms with van der Waals surface area (Å²) in [6.45, 7) is 8.26. The van der Waals surface area contributed by atoms with Gasteiger partial charge in [-0.25, -0.2) is 4.39 Å². The Morgan fingerprint density at radius 3 is 2.52 bits per heavy atom. The SMILES string of the molecule is CCNC(=NCC(OC)c1ccc(F)cc1)N(C)Cc1cn(C)nc1C(C)C.I. The van der Waals surface area contributed by atoms with Crippen molar-refractivity contribution >= 4 is 29.9 Å². The normalized spacial score (nSPS) is 12.6. The Bertz CT molecular complexity index is 776. The minimum absolute atomic E-state index is 0. The molecule has 2 aromatic rings. The van der Waals surface area contributed by atoms with Crippen LogP contribution in [0.5, 0.6) is 0 Å². The van der Waals surface area contributed by atoms with E-state index < -0.39 is 0 Å². The lowest BCUT2D eigenvalue weighted by atomic mass is 10.1. The third-order valence-corrected chi connectivity index (χ3v) is 4.52. The van der Waals surface area contributed by atoms with Crippen molar-refractivity contribution in [3.63, 3.8) is 0 Å². The first-order chi connectivity index (χ1) is 13.3. The van der Waals surface area contributed by atoms with Crippen molar-refractivity contribution in [1.82, 2.24) is 20.0 Å². The van der Waals surface area contributed by atoms with E-state index in [0.717, 1.165) is 23.8 Å². The van der Waals surface area contributed by atoms with Gasteiger partial charge in [-0.15, -0.1) is 24.0 Å². The molecule has 162 valence electrons. The number of aryl methyl sites for hydroxylation is 1. The van der Waals surface area contributed by atoms with E-state index in [1.807, 2.05) is 25.7 Å². The molecule has 0 aliphatic carbocycles. The first-order valence-corrected chi connectivity index (χ1v) is 9.65. The molecule has 0 fully saturated rings. The van der Waals surface area contributed by atoms with Gasteiger partial charge in [0.2, 0.25) is 0 Å². The van der Waals surface area contributed by atoms with Crippen LogP contribution in [0, 0.1) is 5.82 Å². The molecule has 0 amide bonds. The molecule has 0 aliphatic heterocycles. The molecule has 0 radical (unpaired) electrons. The van der Waals surface area contributed by atoms with Crippen LogP contribution in [0.25, 0.3) is 0 Å². The molecule has 1 atom stereocenters. The third-order valence-electron chi connectivity index (χ3n) is 4.52. The molecular weight excluding hydrogens is 484 g/mol. The lowest BCUT2D eigenvalue weighted by Crippen LogP contribution is -2.39. The second kappa shape index (κ2) is 12.1. The Morgan fingerprint density at radius 1 is 1.31 bits per heavy atom. The summed E-state index contributed by atoms with van der Waals surface area (Å²) in [5, 5.41) is 7.91. The lowest BCUT2D eigenvalue weighted by Gasteiger charge is -2.23. The van der Waals surface area contributed by atoms with E-state index in [4.69, 9.17) is 9.73 Å². The monoisotopic (exact) mass is 517 g/mol. The highest BCUT2D eigenvalue weighted by atomic mass is 127. The van der Waals surface area contributed by atoms with Gasteiger partial charge in [0.1, 0.15) is 11.9 Å². The molecule has 1 unspecified atom stereocenters. The highest BCUT2D eigenvalue weighted by Crippen LogP contribution is 2.20. The fourth-order valence-corrected chi connectivity index (χ4v) is 3.13. The maximum Gasteiger partial charge on any atom is 0.194 e. The molecule has 1 heterocycles. The molecular formula is C21H33FIN5O. The summed E-state index contributed by atoms with van der Waals surface area (Å²) in [7, 11) is 5.60. The van der Waals surface area contributed by atoms with Crippen LogP contribution >= 0.6 is 24.0 Å². The maximum absolute atomic E-state index is 13.2. The van der Waals surface area contributed by atoms with Crippen molar-refractivity contribution < 1.29 is 9.13 Å². The number of aromatic nitrogens is 2. The van der Waals surface area contributed by atoms with Crippen LogP contribution in [0.3, 0.4) is 0 Å². The number of nitrogens with zero attached hydrogens (tertiary/aromatic N) is 4. The Kier molecular flexibility index (Phi) is 10.6. The zero-order chi connectivity index (χ0) is 20.7. The Labute approximate surface area is 190 Å². The summed E-state index contributed by atoms with van der Waals surface area (Å²) < 4.78 is 20.6. The zero-order valence-corrected chi connectivity index (χ0v) is 20.5. The molecule has 0 spiro atoms. The molecule has 0 aliphatic rings. The summed E-state index contributed by atoms with van der Waals surface area (Å²) >= 11 is 0. The number of hydrogen-bond acceptors (Lipinski definition) is 3. The number of nitrogens with one attached hydrogen (secondary N) is 1. The summed E-state index contributed by atoms with van der Waals surface area (Å²) in [5.74, 6) is 0.901. The molecule has 0 bridgehead atoms. The zero-order valence-electron chi connectivity index (χ0n) is 18.1. The first-order valence-electron chi connectivity index (χ1n) is 9.65. The van der Waals surface area contributed by atoms with E-state index >= 15 is 0 Å². The summed E-state index contributed by atoms with van der Waals surface area (Å²) in [4.78, 5) is 6.83. The minimum atomic E-state index is -0.257. The van der Waals surface area contributed by atoms with Gasteiger partial charge < -0.3 is 15.0 Å². The van der Waals surface area contributed by atoms with Gasteiger partial charge in [-0.2, -0.15) is 5.10 Å². The number of hydrogen-bond donors (Lipinski definition) is 1. The van der Waals surface area contributed by atoms with E-state index in [1.54, 1.807) is 19.2 Å². The molecule has 1 aromatic carbocycles. The van der Waals surface area contributed by atoms with Crippen molar-refractivity contribution in [3.05, 3.63) is 53.1 Å². The number of guanidine groups is 1. The largest absolute Gasteiger partial charge is 0.375 e. The molecule has 0 saturated carbocycles. The number of ether oxygens (including phenoxy) is 1. The van der Waals surface area contributed by atoms with Crippen molar-refractivity contribution in [3.8, 4) is 0 Å². The van der Waals surface area contributed by atoms with Gasteiger partial charge in [-0.3, -0.25) is 9.67 Å². The maximum atomic E-state index is 13.2. The molecule has 2 rings (SSSR count). The van der Waals surface area contributed by atoms with Crippen molar-refractivity contribution in [2.75, 3.05) is 27.2 Å². The summed E-state index contributed by atoms with van der Waals surface area (Å²) in [5.41, 5.74) is 3.19. The molecule has 0 saturated heterocycles. The quantitative estimate of drug-likeness (QED) is 0.326.